The molecule has 0 aliphatic rings. The van der Waals surface area contributed by atoms with E-state index in [2.05, 4.69) is 5.32 Å². The molecule has 0 amide bonds. The molecular weight excluding hydrogens is 208 g/mol. The van der Waals surface area contributed by atoms with Gasteiger partial charge in [-0.25, -0.2) is 8.78 Å². The summed E-state index contributed by atoms with van der Waals surface area (Å²) in [6, 6.07) is 2.15. The molecule has 1 aromatic rings. The van der Waals surface area contributed by atoms with E-state index in [1.54, 1.807) is 7.05 Å². The van der Waals surface area contributed by atoms with E-state index < -0.39 is 11.6 Å². The highest BCUT2D eigenvalue weighted by Gasteiger charge is 2.18. The minimum atomic E-state index is -0.863. The number of rotatable bonds is 3. The van der Waals surface area contributed by atoms with Crippen LogP contribution < -0.4 is 5.32 Å². The first-order valence-corrected chi connectivity index (χ1v) is 4.80. The number of hydrogen-bond acceptors (Lipinski definition) is 1. The first-order valence-electron chi connectivity index (χ1n) is 4.42. The molecule has 0 aliphatic heterocycles. The second-order valence-electron chi connectivity index (χ2n) is 3.01. The molecule has 1 nitrogen and oxygen atoms in total. The van der Waals surface area contributed by atoms with Gasteiger partial charge in [0.1, 0.15) is 0 Å². The Morgan fingerprint density at radius 1 is 1.43 bits per heavy atom. The molecule has 0 radical (unpaired) electrons. The van der Waals surface area contributed by atoms with Gasteiger partial charge in [-0.2, -0.15) is 0 Å². The first kappa shape index (κ1) is 11.4. The van der Waals surface area contributed by atoms with Crippen molar-refractivity contribution in [1.29, 1.82) is 0 Å². The molecule has 1 aromatic carbocycles. The molecule has 0 heterocycles. The number of nitrogens with one attached hydrogen (secondary N) is 1. The van der Waals surface area contributed by atoms with Gasteiger partial charge in [0.15, 0.2) is 11.6 Å². The summed E-state index contributed by atoms with van der Waals surface area (Å²) in [4.78, 5) is 0. The van der Waals surface area contributed by atoms with Crippen molar-refractivity contribution < 1.29 is 8.78 Å². The van der Waals surface area contributed by atoms with Gasteiger partial charge >= 0.3 is 0 Å². The van der Waals surface area contributed by atoms with Crippen molar-refractivity contribution >= 4 is 11.6 Å². The Morgan fingerprint density at radius 2 is 2.07 bits per heavy atom. The van der Waals surface area contributed by atoms with Crippen molar-refractivity contribution in [3.8, 4) is 0 Å². The Labute approximate surface area is 87.1 Å². The molecule has 1 unspecified atom stereocenters. The summed E-state index contributed by atoms with van der Waals surface area (Å²) < 4.78 is 26.3. The van der Waals surface area contributed by atoms with Crippen LogP contribution in [0.5, 0.6) is 0 Å². The van der Waals surface area contributed by atoms with Gasteiger partial charge in [0.2, 0.25) is 0 Å². The Bertz CT molecular complexity index is 324. The van der Waals surface area contributed by atoms with Crippen LogP contribution in [-0.4, -0.2) is 7.05 Å². The maximum absolute atomic E-state index is 13.4. The molecule has 0 saturated heterocycles. The number of benzene rings is 1. The lowest BCUT2D eigenvalue weighted by molar-refractivity contribution is 0.470. The van der Waals surface area contributed by atoms with E-state index in [-0.39, 0.29) is 16.6 Å². The second-order valence-corrected chi connectivity index (χ2v) is 3.41. The molecule has 1 atom stereocenters. The topological polar surface area (TPSA) is 12.0 Å². The molecule has 0 bridgehead atoms. The zero-order valence-electron chi connectivity index (χ0n) is 8.07. The predicted molar refractivity (Wildman–Crippen MR) is 53.5 cm³/mol. The highest BCUT2D eigenvalue weighted by Crippen LogP contribution is 2.28. The lowest BCUT2D eigenvalue weighted by atomic mass is 10.0. The summed E-state index contributed by atoms with van der Waals surface area (Å²) in [6.07, 6.45) is 0.649. The monoisotopic (exact) mass is 219 g/mol. The average Bonchev–Trinajstić information content (AvgIpc) is 2.19. The van der Waals surface area contributed by atoms with Crippen molar-refractivity contribution in [2.45, 2.75) is 19.4 Å². The minimum Gasteiger partial charge on any atom is -0.313 e. The second kappa shape index (κ2) is 4.71. The van der Waals surface area contributed by atoms with Crippen LogP contribution in [0.1, 0.15) is 24.9 Å². The molecule has 0 fully saturated rings. The standard InChI is InChI=1S/C10H12ClF2N/c1-3-8(14-2)9-6(11)4-5-7(12)10(9)13/h4-5,8,14H,3H2,1-2H3. The van der Waals surface area contributed by atoms with Gasteiger partial charge in [0.05, 0.1) is 0 Å². The third-order valence-corrected chi connectivity index (χ3v) is 2.51. The van der Waals surface area contributed by atoms with E-state index in [4.69, 9.17) is 11.6 Å². The molecular formula is C10H12ClF2N. The summed E-state index contributed by atoms with van der Waals surface area (Å²) in [5, 5.41) is 3.14. The molecule has 14 heavy (non-hydrogen) atoms. The van der Waals surface area contributed by atoms with E-state index in [9.17, 15) is 8.78 Å². The molecule has 1 rings (SSSR count). The average molecular weight is 220 g/mol. The lowest BCUT2D eigenvalue weighted by Crippen LogP contribution is -2.17. The molecule has 78 valence electrons. The Hall–Kier alpha value is -0.670. The van der Waals surface area contributed by atoms with E-state index in [0.29, 0.717) is 6.42 Å². The number of hydrogen-bond donors (Lipinski definition) is 1. The van der Waals surface area contributed by atoms with Gasteiger partial charge in [-0.15, -0.1) is 0 Å². The van der Waals surface area contributed by atoms with Crippen molar-refractivity contribution in [2.24, 2.45) is 0 Å². The summed E-state index contributed by atoms with van der Waals surface area (Å²) >= 11 is 5.81. The summed E-state index contributed by atoms with van der Waals surface area (Å²) in [5.74, 6) is -1.73. The molecule has 0 spiro atoms. The third-order valence-electron chi connectivity index (χ3n) is 2.18. The van der Waals surface area contributed by atoms with Gasteiger partial charge in [-0.05, 0) is 25.6 Å². The highest BCUT2D eigenvalue weighted by atomic mass is 35.5. The Kier molecular flexibility index (Phi) is 3.84. The van der Waals surface area contributed by atoms with Crippen LogP contribution in [0.4, 0.5) is 8.78 Å². The normalized spacial score (nSPS) is 12.9. The largest absolute Gasteiger partial charge is 0.313 e. The number of halogens is 3. The fourth-order valence-electron chi connectivity index (χ4n) is 1.41. The van der Waals surface area contributed by atoms with Crippen LogP contribution in [-0.2, 0) is 0 Å². The Balaban J connectivity index is 3.23. The zero-order chi connectivity index (χ0) is 10.7. The van der Waals surface area contributed by atoms with E-state index in [1.165, 1.54) is 6.07 Å². The maximum Gasteiger partial charge on any atom is 0.165 e. The fraction of sp³-hybridized carbons (Fsp3) is 0.400. The van der Waals surface area contributed by atoms with Crippen molar-refractivity contribution in [3.05, 3.63) is 34.4 Å². The third kappa shape index (κ3) is 2.04. The summed E-state index contributed by atoms with van der Waals surface area (Å²) in [6.45, 7) is 1.88. The van der Waals surface area contributed by atoms with Gasteiger partial charge in [-0.1, -0.05) is 18.5 Å². The Morgan fingerprint density at radius 3 is 2.57 bits per heavy atom. The summed E-state index contributed by atoms with van der Waals surface area (Å²) in [5.41, 5.74) is 0.205. The zero-order valence-corrected chi connectivity index (χ0v) is 8.83. The minimum absolute atomic E-state index is 0.205. The van der Waals surface area contributed by atoms with E-state index in [1.807, 2.05) is 6.92 Å². The van der Waals surface area contributed by atoms with Crippen LogP contribution in [0.2, 0.25) is 5.02 Å². The van der Waals surface area contributed by atoms with Crippen LogP contribution in [0.3, 0.4) is 0 Å². The van der Waals surface area contributed by atoms with E-state index in [0.717, 1.165) is 6.07 Å². The van der Waals surface area contributed by atoms with Gasteiger partial charge in [0.25, 0.3) is 0 Å². The SMILES string of the molecule is CCC(NC)c1c(Cl)ccc(F)c1F. The van der Waals surface area contributed by atoms with Crippen molar-refractivity contribution in [2.75, 3.05) is 7.05 Å². The molecule has 1 N–H and O–H groups in total. The lowest BCUT2D eigenvalue weighted by Gasteiger charge is -2.16. The fourth-order valence-corrected chi connectivity index (χ4v) is 1.69. The maximum atomic E-state index is 13.4. The van der Waals surface area contributed by atoms with Crippen LogP contribution in [0, 0.1) is 11.6 Å². The van der Waals surface area contributed by atoms with Gasteiger partial charge < -0.3 is 5.32 Å². The van der Waals surface area contributed by atoms with Crippen LogP contribution in [0.15, 0.2) is 12.1 Å². The smallest absolute Gasteiger partial charge is 0.165 e. The highest BCUT2D eigenvalue weighted by molar-refractivity contribution is 6.31. The summed E-state index contributed by atoms with van der Waals surface area (Å²) in [7, 11) is 1.69. The predicted octanol–water partition coefficient (Wildman–Crippen LogP) is 3.29. The van der Waals surface area contributed by atoms with Crippen molar-refractivity contribution in [1.82, 2.24) is 5.32 Å². The molecule has 0 aromatic heterocycles. The van der Waals surface area contributed by atoms with Crippen molar-refractivity contribution in [3.63, 3.8) is 0 Å². The first-order chi connectivity index (χ1) is 6.61. The molecule has 0 aliphatic carbocycles. The van der Waals surface area contributed by atoms with Gasteiger partial charge in [-0.3, -0.25) is 0 Å². The van der Waals surface area contributed by atoms with E-state index >= 15 is 0 Å². The van der Waals surface area contributed by atoms with Gasteiger partial charge in [0, 0.05) is 16.6 Å². The molecule has 0 saturated carbocycles. The van der Waals surface area contributed by atoms with Crippen LogP contribution >= 0.6 is 11.6 Å². The molecule has 4 heteroatoms. The van der Waals surface area contributed by atoms with Crippen LogP contribution in [0.25, 0.3) is 0 Å². The quantitative estimate of drug-likeness (QED) is 0.770.